The van der Waals surface area contributed by atoms with E-state index >= 15 is 0 Å². The van der Waals surface area contributed by atoms with Crippen LogP contribution >= 0.6 is 0 Å². The fourth-order valence-electron chi connectivity index (χ4n) is 2.61. The second-order valence-corrected chi connectivity index (χ2v) is 5.44. The second-order valence-electron chi connectivity index (χ2n) is 5.44. The summed E-state index contributed by atoms with van der Waals surface area (Å²) < 4.78 is 17.2. The molecular formula is C16H14FN7. The van der Waals surface area contributed by atoms with Gasteiger partial charge in [-0.2, -0.15) is 4.39 Å². The van der Waals surface area contributed by atoms with Gasteiger partial charge in [0.05, 0.1) is 12.7 Å². The standard InChI is InChI=1S/C16H14FN7/c1-10-19-8-12-16(20-10)23(2)14(22-12)9-24-7-6-18-15(24)11-4-3-5-13(17)21-11/h3-8H,9H2,1-2H3. The van der Waals surface area contributed by atoms with E-state index in [0.717, 1.165) is 17.0 Å². The van der Waals surface area contributed by atoms with Crippen LogP contribution in [-0.4, -0.2) is 34.1 Å². The van der Waals surface area contributed by atoms with Gasteiger partial charge in [0.2, 0.25) is 5.95 Å². The molecule has 7 nitrogen and oxygen atoms in total. The molecule has 0 saturated heterocycles. The quantitative estimate of drug-likeness (QED) is 0.540. The molecule has 4 aromatic rings. The number of imidazole rings is 2. The summed E-state index contributed by atoms with van der Waals surface area (Å²) >= 11 is 0. The van der Waals surface area contributed by atoms with Crippen LogP contribution in [-0.2, 0) is 13.6 Å². The highest BCUT2D eigenvalue weighted by Gasteiger charge is 2.14. The molecule has 0 atom stereocenters. The van der Waals surface area contributed by atoms with E-state index in [2.05, 4.69) is 24.9 Å². The van der Waals surface area contributed by atoms with Crippen LogP contribution in [0.2, 0.25) is 0 Å². The Morgan fingerprint density at radius 2 is 2.00 bits per heavy atom. The van der Waals surface area contributed by atoms with E-state index in [1.165, 1.54) is 6.07 Å². The van der Waals surface area contributed by atoms with Crippen molar-refractivity contribution in [3.8, 4) is 11.5 Å². The number of hydrogen-bond acceptors (Lipinski definition) is 5. The molecule has 0 amide bonds. The molecule has 4 rings (SSSR count). The average Bonchev–Trinajstić information content (AvgIpc) is 3.14. The molecule has 4 heterocycles. The van der Waals surface area contributed by atoms with Crippen LogP contribution in [0.4, 0.5) is 4.39 Å². The first-order valence-electron chi connectivity index (χ1n) is 7.41. The fourth-order valence-corrected chi connectivity index (χ4v) is 2.61. The third-order valence-corrected chi connectivity index (χ3v) is 3.80. The molecule has 120 valence electrons. The van der Waals surface area contributed by atoms with Gasteiger partial charge in [-0.3, -0.25) is 0 Å². The van der Waals surface area contributed by atoms with E-state index in [1.807, 2.05) is 29.3 Å². The first kappa shape index (κ1) is 14.4. The van der Waals surface area contributed by atoms with Gasteiger partial charge in [0.1, 0.15) is 22.9 Å². The Hall–Kier alpha value is -3.16. The van der Waals surface area contributed by atoms with Crippen molar-refractivity contribution in [1.29, 1.82) is 0 Å². The molecule has 0 saturated carbocycles. The maximum absolute atomic E-state index is 13.4. The van der Waals surface area contributed by atoms with Crippen LogP contribution in [0.3, 0.4) is 0 Å². The number of hydrogen-bond donors (Lipinski definition) is 0. The van der Waals surface area contributed by atoms with E-state index in [-0.39, 0.29) is 0 Å². The zero-order valence-corrected chi connectivity index (χ0v) is 13.2. The molecule has 0 radical (unpaired) electrons. The minimum Gasteiger partial charge on any atom is -0.322 e. The summed E-state index contributed by atoms with van der Waals surface area (Å²) in [6.45, 7) is 2.31. The Morgan fingerprint density at radius 1 is 1.12 bits per heavy atom. The lowest BCUT2D eigenvalue weighted by molar-refractivity contribution is 0.584. The monoisotopic (exact) mass is 323 g/mol. The Kier molecular flexibility index (Phi) is 3.30. The zero-order chi connectivity index (χ0) is 16.7. The normalized spacial score (nSPS) is 11.3. The molecule has 0 bridgehead atoms. The number of nitrogens with zero attached hydrogens (tertiary/aromatic N) is 7. The Morgan fingerprint density at radius 3 is 2.83 bits per heavy atom. The van der Waals surface area contributed by atoms with Crippen LogP contribution < -0.4 is 0 Å². The van der Waals surface area contributed by atoms with Gasteiger partial charge in [-0.05, 0) is 19.1 Å². The number of pyridine rings is 1. The highest BCUT2D eigenvalue weighted by Crippen LogP contribution is 2.18. The number of aromatic nitrogens is 7. The minimum atomic E-state index is -0.532. The molecule has 0 unspecified atom stereocenters. The van der Waals surface area contributed by atoms with Gasteiger partial charge in [0.25, 0.3) is 0 Å². The summed E-state index contributed by atoms with van der Waals surface area (Å²) in [4.78, 5) is 21.4. The second kappa shape index (κ2) is 5.48. The van der Waals surface area contributed by atoms with Crippen LogP contribution in [0, 0.1) is 12.9 Å². The van der Waals surface area contributed by atoms with E-state index in [0.29, 0.717) is 23.9 Å². The summed E-state index contributed by atoms with van der Waals surface area (Å²) in [5, 5.41) is 0. The van der Waals surface area contributed by atoms with Gasteiger partial charge in [-0.25, -0.2) is 24.9 Å². The van der Waals surface area contributed by atoms with Gasteiger partial charge in [-0.1, -0.05) is 6.07 Å². The topological polar surface area (TPSA) is 74.3 Å². The van der Waals surface area contributed by atoms with E-state index in [4.69, 9.17) is 0 Å². The molecule has 0 fully saturated rings. The van der Waals surface area contributed by atoms with Gasteiger partial charge in [-0.15, -0.1) is 0 Å². The van der Waals surface area contributed by atoms with Crippen LogP contribution in [0.15, 0.2) is 36.8 Å². The Bertz CT molecular complexity index is 1030. The number of rotatable bonds is 3. The van der Waals surface area contributed by atoms with Crippen molar-refractivity contribution in [2.24, 2.45) is 7.05 Å². The fraction of sp³-hybridized carbons (Fsp3) is 0.188. The number of aryl methyl sites for hydroxylation is 2. The molecule has 0 aliphatic rings. The van der Waals surface area contributed by atoms with Crippen LogP contribution in [0.1, 0.15) is 11.6 Å². The van der Waals surface area contributed by atoms with Crippen molar-refractivity contribution in [3.63, 3.8) is 0 Å². The van der Waals surface area contributed by atoms with E-state index < -0.39 is 5.95 Å². The highest BCUT2D eigenvalue weighted by molar-refractivity contribution is 5.70. The molecule has 0 N–H and O–H groups in total. The lowest BCUT2D eigenvalue weighted by Crippen LogP contribution is -2.07. The molecule has 0 spiro atoms. The molecule has 4 aromatic heterocycles. The van der Waals surface area contributed by atoms with Gasteiger partial charge < -0.3 is 9.13 Å². The third kappa shape index (κ3) is 2.41. The smallest absolute Gasteiger partial charge is 0.213 e. The van der Waals surface area contributed by atoms with Crippen molar-refractivity contribution in [1.82, 2.24) is 34.1 Å². The van der Waals surface area contributed by atoms with Crippen molar-refractivity contribution < 1.29 is 4.39 Å². The van der Waals surface area contributed by atoms with Crippen molar-refractivity contribution >= 4 is 11.2 Å². The summed E-state index contributed by atoms with van der Waals surface area (Å²) in [6, 6.07) is 4.65. The number of fused-ring (bicyclic) bond motifs is 1. The lowest BCUT2D eigenvalue weighted by atomic mass is 10.3. The molecule has 8 heteroatoms. The Labute approximate surface area is 136 Å². The average molecular weight is 323 g/mol. The van der Waals surface area contributed by atoms with Crippen LogP contribution in [0.5, 0.6) is 0 Å². The SMILES string of the molecule is Cc1ncc2nc(Cn3ccnc3-c3cccc(F)n3)n(C)c2n1. The van der Waals surface area contributed by atoms with Gasteiger partial charge in [0.15, 0.2) is 11.5 Å². The predicted octanol–water partition coefficient (Wildman–Crippen LogP) is 2.12. The first-order chi connectivity index (χ1) is 11.6. The lowest BCUT2D eigenvalue weighted by Gasteiger charge is -2.07. The largest absolute Gasteiger partial charge is 0.322 e. The third-order valence-electron chi connectivity index (χ3n) is 3.80. The van der Waals surface area contributed by atoms with E-state index in [1.54, 1.807) is 24.5 Å². The number of halogens is 1. The highest BCUT2D eigenvalue weighted by atomic mass is 19.1. The van der Waals surface area contributed by atoms with Crippen molar-refractivity contribution in [2.45, 2.75) is 13.5 Å². The van der Waals surface area contributed by atoms with E-state index in [9.17, 15) is 4.39 Å². The zero-order valence-electron chi connectivity index (χ0n) is 13.2. The Balaban J connectivity index is 1.75. The minimum absolute atomic E-state index is 0.472. The molecule has 0 aliphatic heterocycles. The van der Waals surface area contributed by atoms with Crippen molar-refractivity contribution in [3.05, 3.63) is 54.4 Å². The predicted molar refractivity (Wildman–Crippen MR) is 85.6 cm³/mol. The van der Waals surface area contributed by atoms with Gasteiger partial charge in [0, 0.05) is 19.4 Å². The molecule has 0 aromatic carbocycles. The van der Waals surface area contributed by atoms with Crippen molar-refractivity contribution in [2.75, 3.05) is 0 Å². The van der Waals surface area contributed by atoms with Gasteiger partial charge >= 0.3 is 0 Å². The maximum atomic E-state index is 13.4. The van der Waals surface area contributed by atoms with Crippen LogP contribution in [0.25, 0.3) is 22.7 Å². The molecular weight excluding hydrogens is 309 g/mol. The summed E-state index contributed by atoms with van der Waals surface area (Å²) in [7, 11) is 1.91. The maximum Gasteiger partial charge on any atom is 0.213 e. The first-order valence-corrected chi connectivity index (χ1v) is 7.41. The molecule has 24 heavy (non-hydrogen) atoms. The molecule has 0 aliphatic carbocycles. The summed E-state index contributed by atoms with van der Waals surface area (Å²) in [5.74, 6) is 1.56. The summed E-state index contributed by atoms with van der Waals surface area (Å²) in [6.07, 6.45) is 5.19. The summed E-state index contributed by atoms with van der Waals surface area (Å²) in [5.41, 5.74) is 2.00.